The molecular weight excluding hydrogens is 344 g/mol. The van der Waals surface area contributed by atoms with Crippen LogP contribution >= 0.6 is 0 Å². The Morgan fingerprint density at radius 1 is 1.26 bits per heavy atom. The van der Waals surface area contributed by atoms with Gasteiger partial charge in [0.1, 0.15) is 0 Å². The molecule has 2 amide bonds. The van der Waals surface area contributed by atoms with E-state index in [0.29, 0.717) is 26.2 Å². The average Bonchev–Trinajstić information content (AvgIpc) is 2.94. The van der Waals surface area contributed by atoms with E-state index in [-0.39, 0.29) is 36.0 Å². The third-order valence-corrected chi connectivity index (χ3v) is 5.75. The minimum atomic E-state index is -0.345. The average molecular weight is 372 g/mol. The summed E-state index contributed by atoms with van der Waals surface area (Å²) in [5, 5.41) is 6.37. The monoisotopic (exact) mass is 372 g/mol. The van der Waals surface area contributed by atoms with Gasteiger partial charge in [0.05, 0.1) is 38.4 Å². The van der Waals surface area contributed by atoms with E-state index in [4.69, 9.17) is 4.74 Å². The molecule has 2 saturated heterocycles. The Balaban J connectivity index is 1.44. The molecule has 4 rings (SSSR count). The molecule has 2 fully saturated rings. The van der Waals surface area contributed by atoms with Gasteiger partial charge in [0.15, 0.2) is 0 Å². The molecule has 2 N–H and O–H groups in total. The molecule has 3 aliphatic heterocycles. The first-order valence-electron chi connectivity index (χ1n) is 9.71. The second kappa shape index (κ2) is 7.22. The van der Waals surface area contributed by atoms with E-state index in [1.54, 1.807) is 0 Å². The fourth-order valence-electron chi connectivity index (χ4n) is 4.35. The Labute approximate surface area is 160 Å². The Morgan fingerprint density at radius 2 is 2.00 bits per heavy atom. The zero-order valence-electron chi connectivity index (χ0n) is 16.0. The zero-order valence-corrected chi connectivity index (χ0v) is 16.0. The molecule has 0 spiro atoms. The Morgan fingerprint density at radius 3 is 2.78 bits per heavy atom. The predicted octanol–water partition coefficient (Wildman–Crippen LogP) is 0.795. The van der Waals surface area contributed by atoms with Crippen molar-refractivity contribution in [1.29, 1.82) is 0 Å². The Bertz CT molecular complexity index is 730. The fourth-order valence-corrected chi connectivity index (χ4v) is 4.35. The lowest BCUT2D eigenvalue weighted by atomic mass is 9.87. The number of morpholine rings is 1. The van der Waals surface area contributed by atoms with Crippen molar-refractivity contribution in [3.63, 3.8) is 0 Å². The summed E-state index contributed by atoms with van der Waals surface area (Å²) >= 11 is 0. The minimum absolute atomic E-state index is 0.00908. The van der Waals surface area contributed by atoms with Gasteiger partial charge in [-0.1, -0.05) is 32.0 Å². The van der Waals surface area contributed by atoms with Crippen LogP contribution in [-0.2, 0) is 19.7 Å². The van der Waals surface area contributed by atoms with Gasteiger partial charge in [0.25, 0.3) is 0 Å². The van der Waals surface area contributed by atoms with E-state index >= 15 is 0 Å². The summed E-state index contributed by atoms with van der Waals surface area (Å²) in [5.74, 6) is 0.0265. The molecule has 3 heterocycles. The van der Waals surface area contributed by atoms with Crippen LogP contribution in [0.2, 0.25) is 0 Å². The first-order chi connectivity index (χ1) is 12.9. The van der Waals surface area contributed by atoms with Crippen LogP contribution in [0.5, 0.6) is 0 Å². The largest absolute Gasteiger partial charge is 0.379 e. The van der Waals surface area contributed by atoms with Crippen LogP contribution in [0.3, 0.4) is 0 Å². The summed E-state index contributed by atoms with van der Waals surface area (Å²) in [5.41, 5.74) is 2.12. The third kappa shape index (κ3) is 3.72. The van der Waals surface area contributed by atoms with E-state index in [1.165, 1.54) is 5.56 Å². The highest BCUT2D eigenvalue weighted by molar-refractivity contribution is 5.97. The number of nitrogens with one attached hydrogen (secondary N) is 2. The van der Waals surface area contributed by atoms with Gasteiger partial charge in [0, 0.05) is 30.7 Å². The summed E-state index contributed by atoms with van der Waals surface area (Å²) in [6.45, 7) is 7.96. The summed E-state index contributed by atoms with van der Waals surface area (Å²) in [6.07, 6.45) is 0.270. The second-order valence-corrected chi connectivity index (χ2v) is 8.24. The lowest BCUT2D eigenvalue weighted by Crippen LogP contribution is -2.63. The van der Waals surface area contributed by atoms with Crippen molar-refractivity contribution in [2.45, 2.75) is 44.4 Å². The van der Waals surface area contributed by atoms with Crippen LogP contribution in [-0.4, -0.2) is 61.9 Å². The highest BCUT2D eigenvalue weighted by Crippen LogP contribution is 2.40. The van der Waals surface area contributed by atoms with Crippen LogP contribution in [0.15, 0.2) is 24.3 Å². The predicted molar refractivity (Wildman–Crippen MR) is 102 cm³/mol. The third-order valence-electron chi connectivity index (χ3n) is 5.75. The first-order valence-corrected chi connectivity index (χ1v) is 9.71. The highest BCUT2D eigenvalue weighted by atomic mass is 16.5. The van der Waals surface area contributed by atoms with Crippen molar-refractivity contribution in [1.82, 2.24) is 15.5 Å². The van der Waals surface area contributed by atoms with Gasteiger partial charge in [-0.3, -0.25) is 19.8 Å². The molecule has 146 valence electrons. The van der Waals surface area contributed by atoms with Crippen LogP contribution in [0.25, 0.3) is 0 Å². The number of carbonyl (C=O) groups is 2. The van der Waals surface area contributed by atoms with Crippen LogP contribution in [0.4, 0.5) is 5.69 Å². The molecule has 2 atom stereocenters. The molecule has 1 aromatic rings. The van der Waals surface area contributed by atoms with Gasteiger partial charge < -0.3 is 15.0 Å². The van der Waals surface area contributed by atoms with E-state index in [0.717, 1.165) is 18.8 Å². The number of rotatable bonds is 3. The number of carbonyl (C=O) groups excluding carboxylic acids is 2. The number of hydrogen-bond acceptors (Lipinski definition) is 5. The molecule has 0 aromatic heterocycles. The molecule has 0 aliphatic carbocycles. The number of hydrogen-bond donors (Lipinski definition) is 2. The van der Waals surface area contributed by atoms with Crippen molar-refractivity contribution < 1.29 is 14.3 Å². The van der Waals surface area contributed by atoms with Crippen molar-refractivity contribution >= 4 is 17.5 Å². The summed E-state index contributed by atoms with van der Waals surface area (Å²) < 4.78 is 5.40. The first kappa shape index (κ1) is 18.4. The molecule has 0 radical (unpaired) electrons. The lowest BCUT2D eigenvalue weighted by Gasteiger charge is -2.40. The van der Waals surface area contributed by atoms with E-state index < -0.39 is 0 Å². The smallest absolute Gasteiger partial charge is 0.230 e. The Hall–Kier alpha value is -1.96. The molecule has 27 heavy (non-hydrogen) atoms. The van der Waals surface area contributed by atoms with Crippen molar-refractivity contribution in [2.75, 3.05) is 37.7 Å². The topological polar surface area (TPSA) is 73.9 Å². The Kier molecular flexibility index (Phi) is 4.92. The van der Waals surface area contributed by atoms with Crippen LogP contribution in [0, 0.1) is 0 Å². The summed E-state index contributed by atoms with van der Waals surface area (Å²) in [6, 6.07) is 8.09. The number of amides is 2. The SMILES string of the molecule is CC1(C)CN(C(=O)CC2NC(=O)CC(N3CCOCC3)N2)c2ccccc21. The maximum atomic E-state index is 13.1. The summed E-state index contributed by atoms with van der Waals surface area (Å²) in [7, 11) is 0. The van der Waals surface area contributed by atoms with Crippen molar-refractivity contribution in [3.05, 3.63) is 29.8 Å². The number of anilines is 1. The molecule has 3 aliphatic rings. The standard InChI is InChI=1S/C20H28N4O3/c1-20(2)13-24(15-6-4-3-5-14(15)20)19(26)11-16-21-17(12-18(25)22-16)23-7-9-27-10-8-23/h3-6,16-17,21H,7-13H2,1-2H3,(H,22,25). The van der Waals surface area contributed by atoms with Gasteiger partial charge >= 0.3 is 0 Å². The van der Waals surface area contributed by atoms with Gasteiger partial charge in [0.2, 0.25) is 11.8 Å². The number of ether oxygens (including phenoxy) is 1. The number of fused-ring (bicyclic) bond motifs is 1. The molecular formula is C20H28N4O3. The maximum Gasteiger partial charge on any atom is 0.230 e. The minimum Gasteiger partial charge on any atom is -0.379 e. The molecule has 0 bridgehead atoms. The highest BCUT2D eigenvalue weighted by Gasteiger charge is 2.39. The number of para-hydroxylation sites is 1. The van der Waals surface area contributed by atoms with Gasteiger partial charge in [-0.05, 0) is 11.6 Å². The normalized spacial score (nSPS) is 27.9. The molecule has 0 saturated carbocycles. The maximum absolute atomic E-state index is 13.1. The summed E-state index contributed by atoms with van der Waals surface area (Å²) in [4.78, 5) is 29.3. The van der Waals surface area contributed by atoms with E-state index in [9.17, 15) is 9.59 Å². The van der Waals surface area contributed by atoms with Crippen molar-refractivity contribution in [2.24, 2.45) is 0 Å². The quantitative estimate of drug-likeness (QED) is 0.821. The number of benzene rings is 1. The molecule has 7 nitrogen and oxygen atoms in total. The van der Waals surface area contributed by atoms with Crippen LogP contribution in [0.1, 0.15) is 32.3 Å². The van der Waals surface area contributed by atoms with Crippen molar-refractivity contribution in [3.8, 4) is 0 Å². The molecule has 1 aromatic carbocycles. The fraction of sp³-hybridized carbons (Fsp3) is 0.600. The molecule has 7 heteroatoms. The van der Waals surface area contributed by atoms with E-state index in [1.807, 2.05) is 23.1 Å². The molecule has 2 unspecified atom stereocenters. The van der Waals surface area contributed by atoms with E-state index in [2.05, 4.69) is 35.4 Å². The lowest BCUT2D eigenvalue weighted by molar-refractivity contribution is -0.128. The zero-order chi connectivity index (χ0) is 19.0. The second-order valence-electron chi connectivity index (χ2n) is 8.24. The van der Waals surface area contributed by atoms with Gasteiger partial charge in [-0.2, -0.15) is 0 Å². The van der Waals surface area contributed by atoms with Crippen LogP contribution < -0.4 is 15.5 Å². The van der Waals surface area contributed by atoms with Gasteiger partial charge in [-0.25, -0.2) is 0 Å². The van der Waals surface area contributed by atoms with Gasteiger partial charge in [-0.15, -0.1) is 0 Å². The number of nitrogens with zero attached hydrogens (tertiary/aromatic N) is 2.